The highest BCUT2D eigenvalue weighted by atomic mass is 32.2. The van der Waals surface area contributed by atoms with Crippen LogP contribution in [0.2, 0.25) is 0 Å². The van der Waals surface area contributed by atoms with Crippen molar-refractivity contribution < 1.29 is 57.9 Å². The van der Waals surface area contributed by atoms with Gasteiger partial charge in [0, 0.05) is 112 Å². The van der Waals surface area contributed by atoms with E-state index in [1.54, 1.807) is 17.0 Å². The number of benzene rings is 3. The zero-order chi connectivity index (χ0) is 55.9. The number of urea groups is 1. The van der Waals surface area contributed by atoms with Crippen molar-refractivity contribution in [3.05, 3.63) is 89.5 Å². The Morgan fingerprint density at radius 3 is 2.12 bits per heavy atom. The lowest BCUT2D eigenvalue weighted by Crippen LogP contribution is -2.66. The molecule has 0 spiro atoms. The molecule has 2 aliphatic heterocycles. The number of ether oxygens (including phenoxy) is 2. The van der Waals surface area contributed by atoms with Gasteiger partial charge in [0.15, 0.2) is 0 Å². The number of nitrogens with zero attached hydrogens (tertiary/aromatic N) is 4. The number of nitrogens with one attached hydrogen (secondary N) is 3. The SMILES string of the molecule is CC1(C)CCC(CN2CCN(c3ccc(C(=O)NS(=O)(=O)c4ccc(NC(CCN5CCN(C(=O)NCCOCCOCCN)CC5)CSc5ccccc5)c(S(=O)(=O)C(F)(F)F)c4)cc3)CC2)=C(C23CC(C(F)F)(C2)C3)C1. The third kappa shape index (κ3) is 14.3. The summed E-state index contributed by atoms with van der Waals surface area (Å²) in [5.74, 6) is -0.778. The molecule has 2 bridgehead atoms. The molecule has 2 saturated heterocycles. The Balaban J connectivity index is 0.876. The number of thioether (sulfide) groups is 1. The summed E-state index contributed by atoms with van der Waals surface area (Å²) in [7, 11) is -11.1. The number of sulfone groups is 1. The van der Waals surface area contributed by atoms with Crippen LogP contribution >= 0.6 is 11.8 Å². The third-order valence-corrected chi connectivity index (χ3v) is 19.9. The molecule has 24 heteroatoms. The molecule has 78 heavy (non-hydrogen) atoms. The number of anilines is 2. The van der Waals surface area contributed by atoms with E-state index in [2.05, 4.69) is 39.2 Å². The molecular weight excluding hydrogens is 1080 g/mol. The molecule has 0 aromatic heterocycles. The topological polar surface area (TPSA) is 196 Å². The van der Waals surface area contributed by atoms with Crippen molar-refractivity contribution in [3.8, 4) is 0 Å². The van der Waals surface area contributed by atoms with Crippen LogP contribution in [0.3, 0.4) is 0 Å². The number of hydrogen-bond donors (Lipinski definition) is 4. The molecule has 9 rings (SSSR count). The summed E-state index contributed by atoms with van der Waals surface area (Å²) in [6.07, 6.45) is 2.81. The minimum Gasteiger partial charge on any atom is -0.380 e. The van der Waals surface area contributed by atoms with E-state index in [-0.39, 0.29) is 28.2 Å². The standard InChI is InChI=1S/C54H73F5N8O8S3/c1-51(2)16-14-40(45(33-51)52-36-53(37-52,38-52)49(55)56)34-65-22-24-66(25-23-65)42-10-8-39(9-11-42)48(68)63-78(72,73)44-12-13-46(47(32-44)77(70,71)54(57,58)59)62-41(35-76-43-6-4-3-5-7-43)15-19-64-20-26-67(27-21-64)50(69)61-18-29-75-31-30-74-28-17-60/h3-13,32,41,49,62H,14-31,33-38,60H2,1-2H3,(H,61,69)(H,63,68). The third-order valence-electron chi connectivity index (χ3n) is 15.9. The second kappa shape index (κ2) is 25.1. The molecular formula is C54H73F5N8O8S3. The second-order valence-corrected chi connectivity index (χ2v) is 26.8. The first-order valence-corrected chi connectivity index (χ1v) is 30.6. The average molecular weight is 1150 g/mol. The molecule has 0 radical (unpaired) electrons. The summed E-state index contributed by atoms with van der Waals surface area (Å²) >= 11 is 1.40. The summed E-state index contributed by atoms with van der Waals surface area (Å²) < 4.78 is 137. The fraction of sp³-hybridized carbons (Fsp3) is 0.593. The molecule has 3 amide bonds. The van der Waals surface area contributed by atoms with Gasteiger partial charge in [-0.25, -0.2) is 35.1 Å². The number of halogens is 5. The molecule has 5 N–H and O–H groups in total. The van der Waals surface area contributed by atoms with Gasteiger partial charge in [-0.2, -0.15) is 13.2 Å². The van der Waals surface area contributed by atoms with Crippen molar-refractivity contribution in [2.24, 2.45) is 22.0 Å². The van der Waals surface area contributed by atoms with Gasteiger partial charge < -0.3 is 35.6 Å². The molecule has 1 atom stereocenters. The highest BCUT2D eigenvalue weighted by Gasteiger charge is 2.73. The summed E-state index contributed by atoms with van der Waals surface area (Å²) in [6, 6.07) is 17.0. The van der Waals surface area contributed by atoms with Gasteiger partial charge in [0.2, 0.25) is 6.43 Å². The first-order chi connectivity index (χ1) is 37.0. The van der Waals surface area contributed by atoms with Crippen molar-refractivity contribution in [3.63, 3.8) is 0 Å². The minimum absolute atomic E-state index is 0.0464. The number of rotatable bonds is 25. The average Bonchev–Trinajstić information content (AvgIpc) is 1.65. The van der Waals surface area contributed by atoms with Gasteiger partial charge in [-0.3, -0.25) is 14.6 Å². The fourth-order valence-electron chi connectivity index (χ4n) is 11.5. The lowest BCUT2D eigenvalue weighted by molar-refractivity contribution is -0.250. The number of carbonyl (C=O) groups excluding carboxylic acids is 2. The van der Waals surface area contributed by atoms with E-state index in [1.165, 1.54) is 35.0 Å². The summed E-state index contributed by atoms with van der Waals surface area (Å²) in [6.45, 7) is 12.8. The van der Waals surface area contributed by atoms with Gasteiger partial charge in [0.1, 0.15) is 4.90 Å². The Labute approximate surface area is 459 Å². The van der Waals surface area contributed by atoms with Gasteiger partial charge >= 0.3 is 11.5 Å². The number of sulfonamides is 1. The first kappa shape index (κ1) is 59.6. The first-order valence-electron chi connectivity index (χ1n) is 26.7. The molecule has 2 heterocycles. The molecule has 3 aromatic carbocycles. The van der Waals surface area contributed by atoms with Gasteiger partial charge in [0.05, 0.1) is 37.0 Å². The number of amides is 3. The van der Waals surface area contributed by atoms with E-state index in [1.807, 2.05) is 35.1 Å². The van der Waals surface area contributed by atoms with E-state index in [9.17, 15) is 48.4 Å². The molecule has 1 unspecified atom stereocenters. The number of hydrogen-bond acceptors (Lipinski definition) is 14. The summed E-state index contributed by atoms with van der Waals surface area (Å²) in [5, 5.41) is 5.83. The van der Waals surface area contributed by atoms with Crippen LogP contribution in [-0.4, -0.2) is 172 Å². The van der Waals surface area contributed by atoms with E-state index >= 15 is 0 Å². The van der Waals surface area contributed by atoms with Gasteiger partial charge in [-0.1, -0.05) is 43.2 Å². The van der Waals surface area contributed by atoms with Crippen LogP contribution < -0.4 is 26.0 Å². The zero-order valence-electron chi connectivity index (χ0n) is 44.3. The monoisotopic (exact) mass is 1150 g/mol. The number of nitrogens with two attached hydrogens (primary N) is 1. The molecule has 3 aromatic rings. The van der Waals surface area contributed by atoms with Crippen LogP contribution in [0.25, 0.3) is 0 Å². The van der Waals surface area contributed by atoms with E-state index in [4.69, 9.17) is 15.2 Å². The second-order valence-electron chi connectivity index (χ2n) is 22.1. The molecule has 430 valence electrons. The quantitative estimate of drug-likeness (QED) is 0.0283. The van der Waals surface area contributed by atoms with Crippen molar-refractivity contribution in [1.29, 1.82) is 0 Å². The van der Waals surface area contributed by atoms with Crippen molar-refractivity contribution >= 4 is 54.9 Å². The molecule has 4 aliphatic carbocycles. The van der Waals surface area contributed by atoms with Crippen molar-refractivity contribution in [1.82, 2.24) is 24.7 Å². The molecule has 16 nitrogen and oxygen atoms in total. The smallest absolute Gasteiger partial charge is 0.380 e. The highest BCUT2D eigenvalue weighted by molar-refractivity contribution is 7.99. The zero-order valence-corrected chi connectivity index (χ0v) is 46.7. The maximum Gasteiger partial charge on any atom is 0.501 e. The van der Waals surface area contributed by atoms with Gasteiger partial charge in [-0.05, 0) is 110 Å². The van der Waals surface area contributed by atoms with Crippen LogP contribution in [-0.2, 0) is 29.3 Å². The number of alkyl halides is 5. The predicted octanol–water partition coefficient (Wildman–Crippen LogP) is 7.44. The Morgan fingerprint density at radius 1 is 0.821 bits per heavy atom. The Hall–Kier alpha value is -4.56. The fourth-order valence-corrected chi connectivity index (χ4v) is 14.5. The van der Waals surface area contributed by atoms with Crippen LogP contribution in [0.5, 0.6) is 0 Å². The maximum atomic E-state index is 14.4. The van der Waals surface area contributed by atoms with Crippen molar-refractivity contribution in [2.75, 3.05) is 121 Å². The Morgan fingerprint density at radius 2 is 1.47 bits per heavy atom. The van der Waals surface area contributed by atoms with E-state index < -0.39 is 64.6 Å². The normalized spacial score (nSPS) is 22.4. The predicted molar refractivity (Wildman–Crippen MR) is 290 cm³/mol. The lowest BCUT2D eigenvalue weighted by Gasteiger charge is -2.72. The van der Waals surface area contributed by atoms with Gasteiger partial charge in [-0.15, -0.1) is 11.8 Å². The van der Waals surface area contributed by atoms with Crippen LogP contribution in [0.15, 0.2) is 98.6 Å². The molecule has 6 aliphatic rings. The van der Waals surface area contributed by atoms with E-state index in [0.29, 0.717) is 117 Å². The van der Waals surface area contributed by atoms with Crippen LogP contribution in [0.1, 0.15) is 69.2 Å². The highest BCUT2D eigenvalue weighted by Crippen LogP contribution is 2.79. The Kier molecular flexibility index (Phi) is 19.1. The number of piperazine rings is 2. The Bertz CT molecular complexity index is 2790. The molecule has 3 saturated carbocycles. The lowest BCUT2D eigenvalue weighted by atomic mass is 9.32. The minimum atomic E-state index is -6.14. The molecule has 5 fully saturated rings. The van der Waals surface area contributed by atoms with Crippen LogP contribution in [0, 0.1) is 16.2 Å². The largest absolute Gasteiger partial charge is 0.501 e. The van der Waals surface area contributed by atoms with Gasteiger partial charge in [0.25, 0.3) is 25.8 Å². The summed E-state index contributed by atoms with van der Waals surface area (Å²) in [5.41, 5.74) is 2.00. The van der Waals surface area contributed by atoms with E-state index in [0.717, 1.165) is 61.6 Å². The number of allylic oxidation sites excluding steroid dienone is 1. The summed E-state index contributed by atoms with van der Waals surface area (Å²) in [4.78, 5) is 33.3. The maximum absolute atomic E-state index is 14.4. The number of carbonyl (C=O) groups is 2. The van der Waals surface area contributed by atoms with Crippen LogP contribution in [0.4, 0.5) is 38.1 Å². The van der Waals surface area contributed by atoms with Crippen molar-refractivity contribution in [2.45, 2.75) is 91.5 Å².